The topological polar surface area (TPSA) is 59.0 Å². The van der Waals surface area contributed by atoms with Crippen LogP contribution in [0.1, 0.15) is 46.6 Å². The number of amides is 1. The van der Waals surface area contributed by atoms with Crippen molar-refractivity contribution in [3.8, 4) is 11.1 Å². The van der Waals surface area contributed by atoms with Crippen molar-refractivity contribution in [3.05, 3.63) is 94.5 Å². The van der Waals surface area contributed by atoms with E-state index in [0.29, 0.717) is 32.7 Å². The first-order valence-electron chi connectivity index (χ1n) is 12.5. The van der Waals surface area contributed by atoms with Crippen molar-refractivity contribution in [2.45, 2.75) is 50.3 Å². The highest BCUT2D eigenvalue weighted by molar-refractivity contribution is 5.79. The fourth-order valence-corrected chi connectivity index (χ4v) is 6.42. The lowest BCUT2D eigenvalue weighted by Crippen LogP contribution is -2.62. The monoisotopic (exact) mass is 469 g/mol. The quantitative estimate of drug-likeness (QED) is 0.565. The van der Waals surface area contributed by atoms with Gasteiger partial charge in [0, 0.05) is 18.8 Å². The van der Waals surface area contributed by atoms with Gasteiger partial charge in [0.2, 0.25) is 0 Å². The zero-order valence-corrected chi connectivity index (χ0v) is 20.2. The highest BCUT2D eigenvalue weighted by Gasteiger charge is 2.50. The Hall–Kier alpha value is -3.15. The Balaban J connectivity index is 1.22. The molecule has 2 fully saturated rings. The predicted octanol–water partition coefficient (Wildman–Crippen LogP) is 5.30. The smallest absolute Gasteiger partial charge is 0.410 e. The summed E-state index contributed by atoms with van der Waals surface area (Å²) < 4.78 is 11.8. The van der Waals surface area contributed by atoms with Crippen molar-refractivity contribution in [1.82, 2.24) is 4.90 Å². The van der Waals surface area contributed by atoms with E-state index in [1.54, 1.807) is 0 Å². The van der Waals surface area contributed by atoms with Crippen LogP contribution in [0.15, 0.2) is 66.7 Å². The van der Waals surface area contributed by atoms with Crippen molar-refractivity contribution in [2.75, 3.05) is 19.8 Å². The number of aryl methyl sites for hydroxylation is 1. The number of hydrogen-bond donors (Lipinski definition) is 1. The minimum absolute atomic E-state index is 0.0270. The number of morpholine rings is 1. The molecule has 2 bridgehead atoms. The Morgan fingerprint density at radius 2 is 1.54 bits per heavy atom. The lowest BCUT2D eigenvalue weighted by Gasteiger charge is -2.51. The molecule has 2 aliphatic heterocycles. The molecule has 2 atom stereocenters. The summed E-state index contributed by atoms with van der Waals surface area (Å²) in [5.41, 5.74) is 7.09. The van der Waals surface area contributed by atoms with Crippen LogP contribution in [0, 0.1) is 13.8 Å². The molecule has 0 aromatic heterocycles. The molecule has 3 aromatic rings. The fraction of sp³-hybridized carbons (Fsp3) is 0.367. The average Bonchev–Trinajstić information content (AvgIpc) is 3.17. The lowest BCUT2D eigenvalue weighted by atomic mass is 9.75. The fourth-order valence-electron chi connectivity index (χ4n) is 6.42. The molecule has 6 rings (SSSR count). The van der Waals surface area contributed by atoms with Crippen LogP contribution < -0.4 is 0 Å². The molecule has 1 N–H and O–H groups in total. The number of rotatable bonds is 3. The molecule has 0 spiro atoms. The van der Waals surface area contributed by atoms with Crippen LogP contribution in [0.2, 0.25) is 0 Å². The van der Waals surface area contributed by atoms with E-state index < -0.39 is 5.60 Å². The van der Waals surface area contributed by atoms with E-state index in [1.807, 2.05) is 29.2 Å². The minimum Gasteiger partial charge on any atom is -0.448 e. The molecule has 5 heteroatoms. The van der Waals surface area contributed by atoms with Crippen molar-refractivity contribution in [3.63, 3.8) is 0 Å². The Kier molecular flexibility index (Phi) is 5.42. The van der Waals surface area contributed by atoms with Crippen LogP contribution >= 0.6 is 0 Å². The number of nitrogens with zero attached hydrogens (tertiary/aromatic N) is 1. The third kappa shape index (κ3) is 3.65. The molecular formula is C30H31NO4. The maximum atomic E-state index is 13.4. The molecule has 0 radical (unpaired) electrons. The van der Waals surface area contributed by atoms with Crippen LogP contribution in [-0.2, 0) is 15.1 Å². The predicted molar refractivity (Wildman–Crippen MR) is 134 cm³/mol. The number of hydrogen-bond acceptors (Lipinski definition) is 4. The van der Waals surface area contributed by atoms with Gasteiger partial charge in [0.05, 0.1) is 30.9 Å². The second-order valence-corrected chi connectivity index (χ2v) is 10.2. The number of fused-ring (bicyclic) bond motifs is 5. The number of piperidine rings is 1. The molecular weight excluding hydrogens is 438 g/mol. The second-order valence-electron chi connectivity index (χ2n) is 10.2. The van der Waals surface area contributed by atoms with Crippen LogP contribution in [0.25, 0.3) is 11.1 Å². The SMILES string of the molecule is Cc1cccc(C2(O)CC3COCC(C2)N3C(=O)OCC2c3ccccc3-c3ccccc32)c1C. The number of carbonyl (C=O) groups excluding carboxylic acids is 1. The Morgan fingerprint density at radius 3 is 2.17 bits per heavy atom. The Labute approximate surface area is 206 Å². The largest absolute Gasteiger partial charge is 0.448 e. The summed E-state index contributed by atoms with van der Waals surface area (Å²) in [6, 6.07) is 22.4. The van der Waals surface area contributed by atoms with Gasteiger partial charge in [-0.05, 0) is 52.8 Å². The van der Waals surface area contributed by atoms with Gasteiger partial charge in [-0.1, -0.05) is 66.7 Å². The standard InChI is InChI=1S/C30H31NO4/c1-19-8-7-13-28(20(19)2)30(33)14-21-16-34-17-22(15-30)31(21)29(32)35-18-27-25-11-5-3-9-23(25)24-10-4-6-12-26(24)27/h3-13,21-22,27,33H,14-18H2,1-2H3. The molecule has 35 heavy (non-hydrogen) atoms. The van der Waals surface area contributed by atoms with Gasteiger partial charge in [0.25, 0.3) is 0 Å². The number of carbonyl (C=O) groups is 1. The molecule has 180 valence electrons. The summed E-state index contributed by atoms with van der Waals surface area (Å²) in [5, 5.41) is 11.7. The van der Waals surface area contributed by atoms with Crippen molar-refractivity contribution < 1.29 is 19.4 Å². The number of benzene rings is 3. The van der Waals surface area contributed by atoms with Gasteiger partial charge >= 0.3 is 6.09 Å². The van der Waals surface area contributed by atoms with E-state index in [1.165, 1.54) is 22.3 Å². The summed E-state index contributed by atoms with van der Waals surface area (Å²) >= 11 is 0. The molecule has 5 nitrogen and oxygen atoms in total. The van der Waals surface area contributed by atoms with Crippen LogP contribution in [0.5, 0.6) is 0 Å². The number of aliphatic hydroxyl groups is 1. The third-order valence-electron chi connectivity index (χ3n) is 8.21. The van der Waals surface area contributed by atoms with Crippen molar-refractivity contribution in [2.24, 2.45) is 0 Å². The summed E-state index contributed by atoms with van der Waals surface area (Å²) in [6.07, 6.45) is 0.573. The molecule has 3 aromatic carbocycles. The van der Waals surface area contributed by atoms with Gasteiger partial charge in [0.15, 0.2) is 0 Å². The summed E-state index contributed by atoms with van der Waals surface area (Å²) in [4.78, 5) is 15.3. The Morgan fingerprint density at radius 1 is 0.943 bits per heavy atom. The van der Waals surface area contributed by atoms with Crippen molar-refractivity contribution in [1.29, 1.82) is 0 Å². The molecule has 0 saturated carbocycles. The van der Waals surface area contributed by atoms with E-state index in [2.05, 4.69) is 56.3 Å². The lowest BCUT2D eigenvalue weighted by molar-refractivity contribution is -0.136. The number of ether oxygens (including phenoxy) is 2. The molecule has 1 aliphatic carbocycles. The highest BCUT2D eigenvalue weighted by atomic mass is 16.6. The van der Waals surface area contributed by atoms with Gasteiger partial charge in [-0.15, -0.1) is 0 Å². The van der Waals surface area contributed by atoms with E-state index in [9.17, 15) is 9.90 Å². The van der Waals surface area contributed by atoms with E-state index in [-0.39, 0.29) is 24.1 Å². The van der Waals surface area contributed by atoms with Crippen LogP contribution in [0.3, 0.4) is 0 Å². The normalized spacial score (nSPS) is 25.2. The summed E-state index contributed by atoms with van der Waals surface area (Å²) in [5.74, 6) is 0.0270. The van der Waals surface area contributed by atoms with E-state index >= 15 is 0 Å². The first kappa shape index (κ1) is 22.3. The van der Waals surface area contributed by atoms with E-state index in [4.69, 9.17) is 9.47 Å². The Bertz CT molecular complexity index is 1230. The maximum Gasteiger partial charge on any atom is 0.410 e. The first-order chi connectivity index (χ1) is 17.0. The summed E-state index contributed by atoms with van der Waals surface area (Å²) in [7, 11) is 0. The average molecular weight is 470 g/mol. The maximum absolute atomic E-state index is 13.4. The minimum atomic E-state index is -0.977. The van der Waals surface area contributed by atoms with Gasteiger partial charge in [-0.2, -0.15) is 0 Å². The molecule has 3 aliphatic rings. The molecule has 1 amide bonds. The molecule has 2 saturated heterocycles. The van der Waals surface area contributed by atoms with Gasteiger partial charge in [0.1, 0.15) is 6.61 Å². The zero-order chi connectivity index (χ0) is 24.2. The van der Waals surface area contributed by atoms with Gasteiger partial charge < -0.3 is 14.6 Å². The van der Waals surface area contributed by atoms with Gasteiger partial charge in [-0.25, -0.2) is 4.79 Å². The van der Waals surface area contributed by atoms with Gasteiger partial charge in [-0.3, -0.25) is 4.90 Å². The highest BCUT2D eigenvalue weighted by Crippen LogP contribution is 2.45. The van der Waals surface area contributed by atoms with Crippen LogP contribution in [-0.4, -0.2) is 48.0 Å². The second kappa shape index (κ2) is 8.51. The first-order valence-corrected chi connectivity index (χ1v) is 12.5. The third-order valence-corrected chi connectivity index (χ3v) is 8.21. The van der Waals surface area contributed by atoms with E-state index in [0.717, 1.165) is 16.7 Å². The zero-order valence-electron chi connectivity index (χ0n) is 20.2. The molecule has 2 unspecified atom stereocenters. The summed E-state index contributed by atoms with van der Waals surface area (Å²) in [6.45, 7) is 5.25. The van der Waals surface area contributed by atoms with Crippen LogP contribution in [0.4, 0.5) is 4.79 Å². The van der Waals surface area contributed by atoms with Crippen molar-refractivity contribution >= 4 is 6.09 Å². The molecule has 2 heterocycles.